The number of methoxy groups -OCH3 is 1. The molecule has 0 atom stereocenters. The van der Waals surface area contributed by atoms with Crippen molar-refractivity contribution in [3.05, 3.63) is 40.4 Å². The van der Waals surface area contributed by atoms with Crippen molar-refractivity contribution in [1.82, 2.24) is 4.98 Å². The molecule has 7 heteroatoms. The minimum Gasteiger partial charge on any atom is -0.493 e. The van der Waals surface area contributed by atoms with Gasteiger partial charge in [0.05, 0.1) is 25.6 Å². The van der Waals surface area contributed by atoms with Crippen LogP contribution in [0.1, 0.15) is 40.7 Å². The van der Waals surface area contributed by atoms with E-state index < -0.39 is 5.97 Å². The van der Waals surface area contributed by atoms with E-state index in [1.165, 1.54) is 18.4 Å². The van der Waals surface area contributed by atoms with E-state index in [1.807, 2.05) is 24.3 Å². The summed E-state index contributed by atoms with van der Waals surface area (Å²) >= 11 is 1.21. The number of para-hydroxylation sites is 1. The standard InChI is InChI=1S/C17H21N3O3S/c1-4-5-10-23-14-9-7-6-8-13(14)11-18-20-17-19-12(2)15(24-17)16(21)22-3/h6-9,11H,4-5,10H2,1-3H3,(H,19,20)/b18-11+. The van der Waals surface area contributed by atoms with Crippen LogP contribution in [-0.4, -0.2) is 30.9 Å². The number of rotatable bonds is 8. The number of unbranched alkanes of at least 4 members (excludes halogenated alkanes) is 1. The van der Waals surface area contributed by atoms with Crippen molar-refractivity contribution in [3.8, 4) is 5.75 Å². The Kier molecular flexibility index (Phi) is 6.74. The second-order valence-corrected chi connectivity index (χ2v) is 6.03. The number of aryl methyl sites for hydroxylation is 1. The third kappa shape index (κ3) is 4.79. The van der Waals surface area contributed by atoms with Gasteiger partial charge in [0, 0.05) is 5.56 Å². The van der Waals surface area contributed by atoms with E-state index in [1.54, 1.807) is 13.1 Å². The third-order valence-corrected chi connectivity index (χ3v) is 4.25. The number of nitrogens with zero attached hydrogens (tertiary/aromatic N) is 2. The fourth-order valence-electron chi connectivity index (χ4n) is 1.93. The van der Waals surface area contributed by atoms with Crippen LogP contribution in [0.15, 0.2) is 29.4 Å². The Morgan fingerprint density at radius 3 is 2.96 bits per heavy atom. The molecule has 1 aromatic carbocycles. The molecule has 1 aromatic heterocycles. The fourth-order valence-corrected chi connectivity index (χ4v) is 2.76. The number of benzene rings is 1. The number of aromatic nitrogens is 1. The van der Waals surface area contributed by atoms with Crippen molar-refractivity contribution in [2.45, 2.75) is 26.7 Å². The summed E-state index contributed by atoms with van der Waals surface area (Å²) in [6, 6.07) is 7.70. The van der Waals surface area contributed by atoms with Gasteiger partial charge in [-0.1, -0.05) is 36.8 Å². The molecule has 0 aliphatic carbocycles. The summed E-state index contributed by atoms with van der Waals surface area (Å²) in [6.07, 6.45) is 3.78. The van der Waals surface area contributed by atoms with E-state index in [9.17, 15) is 4.79 Å². The molecular formula is C17H21N3O3S. The van der Waals surface area contributed by atoms with E-state index in [0.717, 1.165) is 24.2 Å². The lowest BCUT2D eigenvalue weighted by atomic mass is 10.2. The van der Waals surface area contributed by atoms with Gasteiger partial charge in [-0.15, -0.1) is 0 Å². The lowest BCUT2D eigenvalue weighted by Gasteiger charge is -2.07. The van der Waals surface area contributed by atoms with Crippen LogP contribution < -0.4 is 10.2 Å². The van der Waals surface area contributed by atoms with Gasteiger partial charge in [-0.05, 0) is 25.5 Å². The largest absolute Gasteiger partial charge is 0.493 e. The number of anilines is 1. The Hall–Kier alpha value is -2.41. The van der Waals surface area contributed by atoms with Crippen LogP contribution in [0.4, 0.5) is 5.13 Å². The lowest BCUT2D eigenvalue weighted by Crippen LogP contribution is -2.00. The Morgan fingerprint density at radius 1 is 1.42 bits per heavy atom. The monoisotopic (exact) mass is 347 g/mol. The molecule has 0 aliphatic heterocycles. The van der Waals surface area contributed by atoms with Gasteiger partial charge < -0.3 is 9.47 Å². The molecule has 1 N–H and O–H groups in total. The normalized spacial score (nSPS) is 10.8. The number of esters is 1. The molecule has 2 aromatic rings. The highest BCUT2D eigenvalue weighted by Gasteiger charge is 2.15. The number of hydrogen-bond donors (Lipinski definition) is 1. The van der Waals surface area contributed by atoms with Crippen LogP contribution in [0.5, 0.6) is 5.75 Å². The van der Waals surface area contributed by atoms with Crippen molar-refractivity contribution in [1.29, 1.82) is 0 Å². The number of carbonyl (C=O) groups excluding carboxylic acids is 1. The quantitative estimate of drug-likeness (QED) is 0.340. The molecule has 0 aliphatic rings. The Bertz CT molecular complexity index is 713. The molecule has 0 saturated carbocycles. The molecule has 24 heavy (non-hydrogen) atoms. The first-order valence-corrected chi connectivity index (χ1v) is 8.54. The molecule has 0 fully saturated rings. The van der Waals surface area contributed by atoms with Crippen molar-refractivity contribution in [2.24, 2.45) is 5.10 Å². The van der Waals surface area contributed by atoms with Crippen molar-refractivity contribution < 1.29 is 14.3 Å². The predicted molar refractivity (Wildman–Crippen MR) is 96.3 cm³/mol. The molecule has 0 radical (unpaired) electrons. The number of carbonyl (C=O) groups is 1. The van der Waals surface area contributed by atoms with Gasteiger partial charge in [-0.2, -0.15) is 5.10 Å². The van der Waals surface area contributed by atoms with Crippen molar-refractivity contribution >= 4 is 28.7 Å². The summed E-state index contributed by atoms with van der Waals surface area (Å²) in [5, 5.41) is 4.72. The van der Waals surface area contributed by atoms with Crippen molar-refractivity contribution in [3.63, 3.8) is 0 Å². The number of ether oxygens (including phenoxy) is 2. The number of thiazole rings is 1. The summed E-state index contributed by atoms with van der Waals surface area (Å²) < 4.78 is 10.5. The summed E-state index contributed by atoms with van der Waals surface area (Å²) in [7, 11) is 1.35. The lowest BCUT2D eigenvalue weighted by molar-refractivity contribution is 0.0605. The van der Waals surface area contributed by atoms with Crippen LogP contribution >= 0.6 is 11.3 Å². The first kappa shape index (κ1) is 17.9. The molecule has 2 rings (SSSR count). The minimum atomic E-state index is -0.392. The Labute approximate surface area is 145 Å². The molecule has 0 unspecified atom stereocenters. The molecule has 0 bridgehead atoms. The summed E-state index contributed by atoms with van der Waals surface area (Å²) in [5.74, 6) is 0.402. The highest BCUT2D eigenvalue weighted by atomic mass is 32.1. The highest BCUT2D eigenvalue weighted by Crippen LogP contribution is 2.23. The molecule has 0 saturated heterocycles. The second kappa shape index (κ2) is 9.02. The van der Waals surface area contributed by atoms with Crippen LogP contribution in [0.3, 0.4) is 0 Å². The van der Waals surface area contributed by atoms with E-state index in [-0.39, 0.29) is 0 Å². The topological polar surface area (TPSA) is 72.8 Å². The van der Waals surface area contributed by atoms with Gasteiger partial charge in [0.25, 0.3) is 0 Å². The van der Waals surface area contributed by atoms with E-state index in [2.05, 4.69) is 22.4 Å². The molecule has 128 valence electrons. The van der Waals surface area contributed by atoms with E-state index >= 15 is 0 Å². The SMILES string of the molecule is CCCCOc1ccccc1/C=N/Nc1nc(C)c(C(=O)OC)s1. The van der Waals surface area contributed by atoms with Crippen LogP contribution in [0.2, 0.25) is 0 Å². The maximum atomic E-state index is 11.6. The molecule has 0 spiro atoms. The Morgan fingerprint density at radius 2 is 2.21 bits per heavy atom. The summed E-state index contributed by atoms with van der Waals surface area (Å²) in [4.78, 5) is 16.3. The molecule has 0 amide bonds. The van der Waals surface area contributed by atoms with Gasteiger partial charge in [-0.3, -0.25) is 5.43 Å². The number of hydrazone groups is 1. The van der Waals surface area contributed by atoms with E-state index in [4.69, 9.17) is 9.47 Å². The average molecular weight is 347 g/mol. The maximum Gasteiger partial charge on any atom is 0.350 e. The van der Waals surface area contributed by atoms with Crippen LogP contribution in [0.25, 0.3) is 0 Å². The van der Waals surface area contributed by atoms with Gasteiger partial charge in [-0.25, -0.2) is 9.78 Å². The van der Waals surface area contributed by atoms with Gasteiger partial charge >= 0.3 is 5.97 Å². The maximum absolute atomic E-state index is 11.6. The fraction of sp³-hybridized carbons (Fsp3) is 0.353. The first-order valence-electron chi connectivity index (χ1n) is 7.72. The van der Waals surface area contributed by atoms with Gasteiger partial charge in [0.15, 0.2) is 0 Å². The number of nitrogens with one attached hydrogen (secondary N) is 1. The molecule has 1 heterocycles. The number of hydrogen-bond acceptors (Lipinski definition) is 7. The second-order valence-electron chi connectivity index (χ2n) is 5.03. The average Bonchev–Trinajstić information content (AvgIpc) is 2.96. The first-order chi connectivity index (χ1) is 11.7. The van der Waals surface area contributed by atoms with Gasteiger partial charge in [0.1, 0.15) is 10.6 Å². The predicted octanol–water partition coefficient (Wildman–Crippen LogP) is 3.86. The van der Waals surface area contributed by atoms with Crippen LogP contribution in [0, 0.1) is 6.92 Å². The van der Waals surface area contributed by atoms with Crippen molar-refractivity contribution in [2.75, 3.05) is 19.1 Å². The smallest absolute Gasteiger partial charge is 0.350 e. The Balaban J connectivity index is 2.03. The zero-order valence-electron chi connectivity index (χ0n) is 14.0. The molecular weight excluding hydrogens is 326 g/mol. The summed E-state index contributed by atoms with van der Waals surface area (Å²) in [6.45, 7) is 4.57. The summed E-state index contributed by atoms with van der Waals surface area (Å²) in [5.41, 5.74) is 4.34. The zero-order valence-corrected chi connectivity index (χ0v) is 14.9. The van der Waals surface area contributed by atoms with Gasteiger partial charge in [0.2, 0.25) is 5.13 Å². The zero-order chi connectivity index (χ0) is 17.4. The minimum absolute atomic E-state index is 0.392. The van der Waals surface area contributed by atoms with E-state index in [0.29, 0.717) is 22.3 Å². The van der Waals surface area contributed by atoms with Crippen LogP contribution in [-0.2, 0) is 4.74 Å². The molecule has 6 nitrogen and oxygen atoms in total. The highest BCUT2D eigenvalue weighted by molar-refractivity contribution is 7.17. The third-order valence-electron chi connectivity index (χ3n) is 3.21.